The van der Waals surface area contributed by atoms with E-state index < -0.39 is 14.5 Å². The van der Waals surface area contributed by atoms with Crippen molar-refractivity contribution in [1.29, 1.82) is 0 Å². The smallest absolute Gasteiger partial charge is 0.490 e. The first kappa shape index (κ1) is 16.1. The van der Waals surface area contributed by atoms with Gasteiger partial charge in [0.1, 0.15) is 0 Å². The normalized spacial score (nSPS) is 9.13. The van der Waals surface area contributed by atoms with Crippen molar-refractivity contribution < 1.29 is 23.5 Å². The Morgan fingerprint density at radius 2 is 1.73 bits per heavy atom. The van der Waals surface area contributed by atoms with Gasteiger partial charge in [0.25, 0.3) is 8.32 Å². The van der Waals surface area contributed by atoms with E-state index in [4.69, 9.17) is 4.43 Å². The fraction of sp³-hybridized carbons (Fsp3) is 0.556. The van der Waals surface area contributed by atoms with Gasteiger partial charge in [0.15, 0.2) is 0 Å². The maximum atomic E-state index is 10.4. The van der Waals surface area contributed by atoms with Crippen LogP contribution in [0.2, 0.25) is 19.6 Å². The van der Waals surface area contributed by atoms with E-state index in [2.05, 4.69) is 16.1 Å². The summed E-state index contributed by atoms with van der Waals surface area (Å²) in [4.78, 5) is 20.2. The number of hydrogen-bond donors (Lipinski definition) is 0. The second-order valence-electron chi connectivity index (χ2n) is 3.44. The molecule has 0 aliphatic rings. The molecule has 5 nitrogen and oxygen atoms in total. The van der Waals surface area contributed by atoms with E-state index in [1.807, 2.05) is 19.6 Å². The third-order valence-electron chi connectivity index (χ3n) is 0.805. The lowest BCUT2D eigenvalue weighted by atomic mass is 10.8. The predicted molar refractivity (Wildman–Crippen MR) is 58.8 cm³/mol. The van der Waals surface area contributed by atoms with Crippen molar-refractivity contribution in [3.63, 3.8) is 0 Å². The summed E-state index contributed by atoms with van der Waals surface area (Å²) in [6.45, 7) is 10.2. The third-order valence-corrected chi connectivity index (χ3v) is 1.58. The largest absolute Gasteiger partial charge is 0.494 e. The zero-order valence-electron chi connectivity index (χ0n) is 9.83. The molecule has 0 aromatic heterocycles. The van der Waals surface area contributed by atoms with Gasteiger partial charge in [-0.25, -0.2) is 4.79 Å². The minimum absolute atomic E-state index is 0.329. The van der Waals surface area contributed by atoms with Crippen LogP contribution in [0.3, 0.4) is 0 Å². The first-order valence-electron chi connectivity index (χ1n) is 4.28. The van der Waals surface area contributed by atoms with Crippen molar-refractivity contribution >= 4 is 20.4 Å². The molecule has 0 bridgehead atoms. The molecule has 88 valence electrons. The van der Waals surface area contributed by atoms with Gasteiger partial charge in [-0.15, -0.1) is 0 Å². The van der Waals surface area contributed by atoms with Crippen LogP contribution >= 0.6 is 0 Å². The monoisotopic (exact) mass is 234 g/mol. The van der Waals surface area contributed by atoms with E-state index in [-0.39, 0.29) is 5.97 Å². The molecule has 0 saturated heterocycles. The van der Waals surface area contributed by atoms with Gasteiger partial charge >= 0.3 is 12.1 Å². The van der Waals surface area contributed by atoms with Crippen molar-refractivity contribution in [1.82, 2.24) is 0 Å². The Morgan fingerprint density at radius 3 is 1.80 bits per heavy atom. The Hall–Kier alpha value is -1.30. The number of methoxy groups -OCH3 is 1. The van der Waals surface area contributed by atoms with E-state index in [0.717, 1.165) is 6.26 Å². The molecule has 0 aliphatic carbocycles. The predicted octanol–water partition coefficient (Wildman–Crippen LogP) is 2.30. The van der Waals surface area contributed by atoms with Crippen LogP contribution in [0.25, 0.3) is 0 Å². The average Bonchev–Trinajstić information content (AvgIpc) is 2.01. The second-order valence-corrected chi connectivity index (χ2v) is 7.87. The van der Waals surface area contributed by atoms with Crippen LogP contribution in [0, 0.1) is 0 Å². The molecular weight excluding hydrogens is 216 g/mol. The van der Waals surface area contributed by atoms with Crippen LogP contribution in [-0.4, -0.2) is 27.6 Å². The highest BCUT2D eigenvalue weighted by atomic mass is 28.4. The molecule has 0 amide bonds. The van der Waals surface area contributed by atoms with Crippen LogP contribution in [0.5, 0.6) is 0 Å². The molecule has 0 atom stereocenters. The van der Waals surface area contributed by atoms with Crippen molar-refractivity contribution in [3.8, 4) is 0 Å². The van der Waals surface area contributed by atoms with Gasteiger partial charge in [-0.2, -0.15) is 0 Å². The Balaban J connectivity index is 0. The lowest BCUT2D eigenvalue weighted by molar-refractivity contribution is -0.135. The van der Waals surface area contributed by atoms with Crippen molar-refractivity contribution in [2.75, 3.05) is 7.11 Å². The fourth-order valence-corrected chi connectivity index (χ4v) is 0.992. The van der Waals surface area contributed by atoms with Crippen molar-refractivity contribution in [2.24, 2.45) is 0 Å². The summed E-state index contributed by atoms with van der Waals surface area (Å²) >= 11 is 0. The highest BCUT2D eigenvalue weighted by molar-refractivity contribution is 6.71. The minimum atomic E-state index is -1.72. The highest BCUT2D eigenvalue weighted by Gasteiger charge is 2.19. The van der Waals surface area contributed by atoms with E-state index in [1.165, 1.54) is 14.0 Å². The summed E-state index contributed by atoms with van der Waals surface area (Å²) in [5.74, 6) is -0.329. The summed E-state index contributed by atoms with van der Waals surface area (Å²) < 4.78 is 13.3. The van der Waals surface area contributed by atoms with Crippen LogP contribution in [0.1, 0.15) is 6.92 Å². The molecule has 0 heterocycles. The van der Waals surface area contributed by atoms with Crippen molar-refractivity contribution in [3.05, 3.63) is 12.8 Å². The molecule has 0 unspecified atom stereocenters. The topological polar surface area (TPSA) is 61.8 Å². The molecule has 15 heavy (non-hydrogen) atoms. The average molecular weight is 234 g/mol. The van der Waals surface area contributed by atoms with Crippen LogP contribution in [0.4, 0.5) is 4.79 Å². The van der Waals surface area contributed by atoms with E-state index in [9.17, 15) is 9.59 Å². The number of rotatable bonds is 2. The van der Waals surface area contributed by atoms with Gasteiger partial charge in [0.05, 0.1) is 13.4 Å². The summed E-state index contributed by atoms with van der Waals surface area (Å²) in [5.41, 5.74) is 0. The number of esters is 1. The first-order valence-corrected chi connectivity index (χ1v) is 7.69. The van der Waals surface area contributed by atoms with Gasteiger partial charge in [-0.3, -0.25) is 4.79 Å². The van der Waals surface area contributed by atoms with E-state index in [0.29, 0.717) is 0 Å². The summed E-state index contributed by atoms with van der Waals surface area (Å²) in [6, 6.07) is 0. The molecule has 0 aliphatic heterocycles. The summed E-state index contributed by atoms with van der Waals surface area (Å²) in [6.07, 6.45) is 0.525. The molecule has 0 radical (unpaired) electrons. The molecule has 0 fully saturated rings. The molecule has 0 aromatic carbocycles. The van der Waals surface area contributed by atoms with Gasteiger partial charge < -0.3 is 13.9 Å². The quantitative estimate of drug-likeness (QED) is 0.417. The molecule has 0 spiro atoms. The third kappa shape index (κ3) is 19.2. The van der Waals surface area contributed by atoms with Crippen LogP contribution in [-0.2, 0) is 18.7 Å². The minimum Gasteiger partial charge on any atom is -0.490 e. The lowest BCUT2D eigenvalue weighted by Crippen LogP contribution is -2.28. The first-order chi connectivity index (χ1) is 6.72. The van der Waals surface area contributed by atoms with Crippen LogP contribution in [0.15, 0.2) is 12.8 Å². The number of carbonyl (C=O) groups excluding carboxylic acids is 2. The number of carbonyl (C=O) groups is 2. The molecule has 0 saturated carbocycles. The fourth-order valence-electron chi connectivity index (χ4n) is 0.409. The molecule has 6 heteroatoms. The standard InChI is InChI=1S/C5H12O3Si.C4H6O2/c1-7-5(6)8-9(2,3)4;1-3-6-4(2)5/h1-4H3;3H,1H2,2H3. The van der Waals surface area contributed by atoms with Gasteiger partial charge in [-0.05, 0) is 19.6 Å². The van der Waals surface area contributed by atoms with Gasteiger partial charge in [0, 0.05) is 6.92 Å². The van der Waals surface area contributed by atoms with E-state index >= 15 is 0 Å². The van der Waals surface area contributed by atoms with Crippen molar-refractivity contribution in [2.45, 2.75) is 26.6 Å². The Labute approximate surface area is 91.1 Å². The zero-order chi connectivity index (χ0) is 12.5. The Kier molecular flexibility index (Phi) is 8.65. The molecule has 0 aromatic rings. The zero-order valence-corrected chi connectivity index (χ0v) is 10.8. The number of ether oxygens (including phenoxy) is 2. The maximum absolute atomic E-state index is 10.4. The SMILES string of the molecule is C=COC(C)=O.COC(=O)O[Si](C)(C)C. The van der Waals surface area contributed by atoms with Gasteiger partial charge in [0.2, 0.25) is 0 Å². The highest BCUT2D eigenvalue weighted by Crippen LogP contribution is 2.02. The Morgan fingerprint density at radius 1 is 1.27 bits per heavy atom. The molecular formula is C9H18O5Si. The second kappa shape index (κ2) is 8.04. The summed E-state index contributed by atoms with van der Waals surface area (Å²) in [5, 5.41) is 0. The Bertz CT molecular complexity index is 219. The number of hydrogen-bond acceptors (Lipinski definition) is 5. The maximum Gasteiger partial charge on any atom is 0.494 e. The van der Waals surface area contributed by atoms with E-state index in [1.54, 1.807) is 0 Å². The molecule has 0 N–H and O–H groups in total. The van der Waals surface area contributed by atoms with Gasteiger partial charge in [-0.1, -0.05) is 6.58 Å². The van der Waals surface area contributed by atoms with Crippen LogP contribution < -0.4 is 0 Å². The lowest BCUT2D eigenvalue weighted by Gasteiger charge is -2.14. The molecule has 0 rings (SSSR count). The summed E-state index contributed by atoms with van der Waals surface area (Å²) in [7, 11) is -0.408.